The van der Waals surface area contributed by atoms with Crippen molar-refractivity contribution in [3.63, 3.8) is 0 Å². The second-order valence-corrected chi connectivity index (χ2v) is 3.63. The van der Waals surface area contributed by atoms with Crippen molar-refractivity contribution in [1.29, 1.82) is 0 Å². The third-order valence-corrected chi connectivity index (χ3v) is 2.44. The van der Waals surface area contributed by atoms with Crippen molar-refractivity contribution < 1.29 is 14.3 Å². The average Bonchev–Trinajstić information content (AvgIpc) is 2.72. The molecule has 14 heavy (non-hydrogen) atoms. The Balaban J connectivity index is 1.87. The van der Waals surface area contributed by atoms with E-state index >= 15 is 0 Å². The van der Waals surface area contributed by atoms with E-state index < -0.39 is 6.09 Å². The van der Waals surface area contributed by atoms with Crippen LogP contribution in [0, 0.1) is 5.92 Å². The molecule has 1 N–H and O–H groups in total. The van der Waals surface area contributed by atoms with E-state index in [0.29, 0.717) is 18.3 Å². The van der Waals surface area contributed by atoms with E-state index in [4.69, 9.17) is 9.47 Å². The third kappa shape index (κ3) is 2.04. The van der Waals surface area contributed by atoms with Gasteiger partial charge in [-0.3, -0.25) is 10.3 Å². The van der Waals surface area contributed by atoms with Crippen LogP contribution in [0.2, 0.25) is 0 Å². The summed E-state index contributed by atoms with van der Waals surface area (Å²) in [6, 6.07) is 0. The summed E-state index contributed by atoms with van der Waals surface area (Å²) < 4.78 is 10.1. The Labute approximate surface area is 82.5 Å². The molecule has 2 unspecified atom stereocenters. The Kier molecular flexibility index (Phi) is 2.67. The number of amidine groups is 1. The van der Waals surface area contributed by atoms with Gasteiger partial charge in [-0.05, 0) is 13.3 Å². The summed E-state index contributed by atoms with van der Waals surface area (Å²) in [6.07, 6.45) is 0.420. The van der Waals surface area contributed by atoms with Crippen LogP contribution in [0.15, 0.2) is 4.99 Å². The molecule has 0 spiro atoms. The Morgan fingerprint density at radius 1 is 1.64 bits per heavy atom. The highest BCUT2D eigenvalue weighted by molar-refractivity contribution is 6.03. The molecule has 2 aliphatic rings. The lowest BCUT2D eigenvalue weighted by Crippen LogP contribution is -2.24. The zero-order valence-corrected chi connectivity index (χ0v) is 8.16. The van der Waals surface area contributed by atoms with Gasteiger partial charge in [0.1, 0.15) is 5.84 Å². The predicted molar refractivity (Wildman–Crippen MR) is 50.3 cm³/mol. The molecule has 78 valence electrons. The van der Waals surface area contributed by atoms with Crippen LogP contribution in [-0.4, -0.2) is 37.8 Å². The molecule has 0 radical (unpaired) electrons. The van der Waals surface area contributed by atoms with E-state index in [0.717, 1.165) is 19.6 Å². The molecular weight excluding hydrogens is 184 g/mol. The van der Waals surface area contributed by atoms with E-state index in [1.807, 2.05) is 6.92 Å². The number of nitrogens with one attached hydrogen (secondary N) is 1. The van der Waals surface area contributed by atoms with Gasteiger partial charge in [0.05, 0.1) is 6.61 Å². The lowest BCUT2D eigenvalue weighted by atomic mass is 10.1. The molecule has 2 fully saturated rings. The number of ether oxygens (including phenoxy) is 2. The zero-order valence-electron chi connectivity index (χ0n) is 8.16. The van der Waals surface area contributed by atoms with E-state index in [1.165, 1.54) is 0 Å². The van der Waals surface area contributed by atoms with Crippen LogP contribution >= 0.6 is 0 Å². The Morgan fingerprint density at radius 3 is 3.07 bits per heavy atom. The molecular formula is C9H14N2O3. The number of nitrogens with zero attached hydrogens (tertiary/aromatic N) is 1. The van der Waals surface area contributed by atoms with Crippen molar-refractivity contribution in [1.82, 2.24) is 5.32 Å². The second kappa shape index (κ2) is 3.96. The van der Waals surface area contributed by atoms with E-state index in [2.05, 4.69) is 10.3 Å². The summed E-state index contributed by atoms with van der Waals surface area (Å²) in [5, 5.41) is 2.58. The molecule has 0 aromatic carbocycles. The van der Waals surface area contributed by atoms with Gasteiger partial charge in [-0.25, -0.2) is 4.79 Å². The number of aliphatic imine (C=N–C) groups is 1. The van der Waals surface area contributed by atoms with Gasteiger partial charge in [0.15, 0.2) is 6.10 Å². The maximum atomic E-state index is 10.8. The summed E-state index contributed by atoms with van der Waals surface area (Å²) >= 11 is 0. The molecule has 0 aromatic rings. The summed E-state index contributed by atoms with van der Waals surface area (Å²) in [4.78, 5) is 15.1. The van der Waals surface area contributed by atoms with Gasteiger partial charge in [-0.15, -0.1) is 0 Å². The van der Waals surface area contributed by atoms with Crippen molar-refractivity contribution in [2.45, 2.75) is 19.4 Å². The first-order valence-corrected chi connectivity index (χ1v) is 4.85. The molecule has 0 aromatic heterocycles. The molecule has 2 atom stereocenters. The molecule has 2 aliphatic heterocycles. The van der Waals surface area contributed by atoms with Crippen molar-refractivity contribution in [3.05, 3.63) is 0 Å². The van der Waals surface area contributed by atoms with Crippen LogP contribution in [0.1, 0.15) is 13.3 Å². The van der Waals surface area contributed by atoms with Crippen LogP contribution in [-0.2, 0) is 9.47 Å². The monoisotopic (exact) mass is 198 g/mol. The van der Waals surface area contributed by atoms with Crippen LogP contribution in [0.4, 0.5) is 4.79 Å². The first-order valence-electron chi connectivity index (χ1n) is 4.85. The van der Waals surface area contributed by atoms with Gasteiger partial charge in [0.25, 0.3) is 0 Å². The number of carbonyl (C=O) groups is 1. The molecule has 0 saturated carbocycles. The fourth-order valence-electron chi connectivity index (χ4n) is 1.57. The molecule has 5 nitrogen and oxygen atoms in total. The minimum Gasteiger partial charge on any atom is -0.438 e. The fraction of sp³-hybridized carbons (Fsp3) is 0.778. The summed E-state index contributed by atoms with van der Waals surface area (Å²) in [7, 11) is 0. The van der Waals surface area contributed by atoms with Gasteiger partial charge in [-0.2, -0.15) is 0 Å². The van der Waals surface area contributed by atoms with Crippen LogP contribution < -0.4 is 5.32 Å². The molecule has 5 heteroatoms. The highest BCUT2D eigenvalue weighted by Crippen LogP contribution is 2.13. The van der Waals surface area contributed by atoms with Crippen LogP contribution in [0.3, 0.4) is 0 Å². The zero-order chi connectivity index (χ0) is 9.97. The van der Waals surface area contributed by atoms with E-state index in [1.54, 1.807) is 0 Å². The average molecular weight is 198 g/mol. The normalized spacial score (nSPS) is 34.6. The minimum absolute atomic E-state index is 0.232. The van der Waals surface area contributed by atoms with Gasteiger partial charge in [-0.1, -0.05) is 0 Å². The number of hydrogen-bond donors (Lipinski definition) is 1. The predicted octanol–water partition coefficient (Wildman–Crippen LogP) is 0.550. The number of amides is 1. The fourth-order valence-corrected chi connectivity index (χ4v) is 1.57. The maximum absolute atomic E-state index is 10.8. The number of rotatable bonds is 2. The van der Waals surface area contributed by atoms with Crippen LogP contribution in [0.25, 0.3) is 0 Å². The summed E-state index contributed by atoms with van der Waals surface area (Å²) in [5.74, 6) is 1.13. The summed E-state index contributed by atoms with van der Waals surface area (Å²) in [5.41, 5.74) is 0. The van der Waals surface area contributed by atoms with Gasteiger partial charge in [0.2, 0.25) is 0 Å². The number of hydrogen-bond acceptors (Lipinski definition) is 4. The van der Waals surface area contributed by atoms with Gasteiger partial charge in [0, 0.05) is 19.1 Å². The first kappa shape index (κ1) is 9.45. The largest absolute Gasteiger partial charge is 0.438 e. The SMILES string of the molecule is CC1OC(=O)NC1=NCC1CCOC1. The number of cyclic esters (lactones) is 1. The lowest BCUT2D eigenvalue weighted by Gasteiger charge is -2.04. The molecule has 0 bridgehead atoms. The Hall–Kier alpha value is -1.10. The van der Waals surface area contributed by atoms with Crippen LogP contribution in [0.5, 0.6) is 0 Å². The van der Waals surface area contributed by atoms with Gasteiger partial charge >= 0.3 is 6.09 Å². The van der Waals surface area contributed by atoms with Crippen molar-refractivity contribution in [2.24, 2.45) is 10.9 Å². The Bertz CT molecular complexity index is 259. The first-order chi connectivity index (χ1) is 6.75. The molecule has 2 heterocycles. The van der Waals surface area contributed by atoms with Crippen molar-refractivity contribution in [3.8, 4) is 0 Å². The minimum atomic E-state index is -0.404. The molecule has 2 saturated heterocycles. The number of carbonyl (C=O) groups excluding carboxylic acids is 1. The van der Waals surface area contributed by atoms with E-state index in [-0.39, 0.29) is 6.10 Å². The molecule has 2 rings (SSSR count). The lowest BCUT2D eigenvalue weighted by molar-refractivity contribution is 0.155. The quantitative estimate of drug-likeness (QED) is 0.704. The molecule has 0 aliphatic carbocycles. The number of alkyl carbamates (subject to hydrolysis) is 1. The summed E-state index contributed by atoms with van der Waals surface area (Å²) in [6.45, 7) is 4.12. The highest BCUT2D eigenvalue weighted by Gasteiger charge is 2.26. The highest BCUT2D eigenvalue weighted by atomic mass is 16.6. The van der Waals surface area contributed by atoms with E-state index in [9.17, 15) is 4.79 Å². The van der Waals surface area contributed by atoms with Gasteiger partial charge < -0.3 is 9.47 Å². The maximum Gasteiger partial charge on any atom is 0.413 e. The second-order valence-electron chi connectivity index (χ2n) is 3.63. The molecule has 1 amide bonds. The van der Waals surface area contributed by atoms with Crippen molar-refractivity contribution in [2.75, 3.05) is 19.8 Å². The smallest absolute Gasteiger partial charge is 0.413 e. The standard InChI is InChI=1S/C9H14N2O3/c1-6-8(11-9(12)14-6)10-4-7-2-3-13-5-7/h6-7H,2-5H2,1H3,(H,10,11,12). The topological polar surface area (TPSA) is 59.9 Å². The van der Waals surface area contributed by atoms with Crippen molar-refractivity contribution >= 4 is 11.9 Å². The third-order valence-electron chi connectivity index (χ3n) is 2.44. The Morgan fingerprint density at radius 2 is 2.50 bits per heavy atom.